The summed E-state index contributed by atoms with van der Waals surface area (Å²) in [6, 6.07) is 9.56. The quantitative estimate of drug-likeness (QED) is 0.266. The topological polar surface area (TPSA) is 165 Å². The molecule has 1 atom stereocenters. The van der Waals surface area contributed by atoms with Crippen molar-refractivity contribution in [2.24, 2.45) is 11.0 Å². The van der Waals surface area contributed by atoms with E-state index in [4.69, 9.17) is 11.6 Å². The van der Waals surface area contributed by atoms with Gasteiger partial charge in [-0.05, 0) is 37.1 Å². The van der Waals surface area contributed by atoms with Crippen LogP contribution in [-0.2, 0) is 20.8 Å². The maximum atomic E-state index is 12.8. The third-order valence-corrected chi connectivity index (χ3v) is 5.08. The summed E-state index contributed by atoms with van der Waals surface area (Å²) in [5.41, 5.74) is -0.808. The van der Waals surface area contributed by atoms with Crippen LogP contribution in [0, 0.1) is 26.1 Å². The first-order chi connectivity index (χ1) is 15.6. The molecule has 0 radical (unpaired) electrons. The second-order valence-corrected chi connectivity index (χ2v) is 7.44. The van der Waals surface area contributed by atoms with Crippen LogP contribution in [-0.4, -0.2) is 39.7 Å². The van der Waals surface area contributed by atoms with Gasteiger partial charge in [0.1, 0.15) is 11.6 Å². The van der Waals surface area contributed by atoms with E-state index in [-0.39, 0.29) is 17.9 Å². The molecule has 33 heavy (non-hydrogen) atoms. The number of hydrogen-bond donors (Lipinski definition) is 1. The molecule has 0 unspecified atom stereocenters. The van der Waals surface area contributed by atoms with Gasteiger partial charge in [-0.15, -0.1) is 0 Å². The number of carbonyl (C=O) groups is 3. The molecule has 2 aromatic rings. The Kier molecular flexibility index (Phi) is 6.78. The minimum Gasteiger partial charge on any atom is -0.349 e. The standard InChI is InChI=1S/C20H16ClN5O7/c1-11-17(18(27)19(28)22-9-8-12-2-4-13(21)5-3-12)20(29)24(23-11)15-7-6-14(25(30)31)10-16(15)26(32)33/h2-7,10,17H,8-9H2,1H3,(H,22,28)/t17-/m0/s1. The van der Waals surface area contributed by atoms with Crippen molar-refractivity contribution in [3.8, 4) is 0 Å². The molecule has 1 N–H and O–H groups in total. The molecule has 0 saturated carbocycles. The van der Waals surface area contributed by atoms with Crippen molar-refractivity contribution in [2.45, 2.75) is 13.3 Å². The van der Waals surface area contributed by atoms with Crippen LogP contribution >= 0.6 is 11.6 Å². The summed E-state index contributed by atoms with van der Waals surface area (Å²) in [5, 5.41) is 29.8. The number of carbonyl (C=O) groups excluding carboxylic acids is 3. The molecule has 1 aliphatic heterocycles. The lowest BCUT2D eigenvalue weighted by molar-refractivity contribution is -0.393. The van der Waals surface area contributed by atoms with E-state index in [1.165, 1.54) is 6.92 Å². The Morgan fingerprint density at radius 1 is 1.12 bits per heavy atom. The lowest BCUT2D eigenvalue weighted by Gasteiger charge is -2.14. The predicted octanol–water partition coefficient (Wildman–Crippen LogP) is 2.42. The van der Waals surface area contributed by atoms with Gasteiger partial charge in [0.15, 0.2) is 0 Å². The number of halogens is 1. The maximum Gasteiger partial charge on any atom is 0.301 e. The Balaban J connectivity index is 1.73. The number of nitro benzene ring substituents is 2. The zero-order chi connectivity index (χ0) is 24.3. The number of anilines is 1. The zero-order valence-electron chi connectivity index (χ0n) is 17.1. The van der Waals surface area contributed by atoms with Crippen LogP contribution in [0.25, 0.3) is 0 Å². The highest BCUT2D eigenvalue weighted by molar-refractivity contribution is 6.47. The molecule has 0 spiro atoms. The van der Waals surface area contributed by atoms with E-state index in [2.05, 4.69) is 10.4 Å². The Morgan fingerprint density at radius 3 is 2.39 bits per heavy atom. The van der Waals surface area contributed by atoms with Crippen molar-refractivity contribution in [2.75, 3.05) is 11.6 Å². The van der Waals surface area contributed by atoms with E-state index in [0.717, 1.165) is 17.7 Å². The van der Waals surface area contributed by atoms with Crippen LogP contribution in [0.15, 0.2) is 47.6 Å². The van der Waals surface area contributed by atoms with Gasteiger partial charge in [0.25, 0.3) is 17.5 Å². The number of hydrogen-bond acceptors (Lipinski definition) is 8. The first-order valence-corrected chi connectivity index (χ1v) is 9.86. The fourth-order valence-corrected chi connectivity index (χ4v) is 3.31. The number of nitro groups is 2. The second kappa shape index (κ2) is 9.53. The van der Waals surface area contributed by atoms with E-state index in [9.17, 15) is 34.6 Å². The molecule has 0 fully saturated rings. The smallest absolute Gasteiger partial charge is 0.301 e. The average molecular weight is 474 g/mol. The number of non-ortho nitro benzene ring substituents is 1. The van der Waals surface area contributed by atoms with Gasteiger partial charge >= 0.3 is 5.69 Å². The molecule has 3 rings (SSSR count). The van der Waals surface area contributed by atoms with Crippen LogP contribution in [0.3, 0.4) is 0 Å². The number of amides is 2. The van der Waals surface area contributed by atoms with Crippen molar-refractivity contribution in [1.82, 2.24) is 5.32 Å². The van der Waals surface area contributed by atoms with Gasteiger partial charge in [-0.3, -0.25) is 34.6 Å². The normalized spacial score (nSPS) is 15.2. The summed E-state index contributed by atoms with van der Waals surface area (Å²) < 4.78 is 0. The number of ketones is 1. The van der Waals surface area contributed by atoms with Gasteiger partial charge in [0, 0.05) is 17.6 Å². The Morgan fingerprint density at radius 2 is 1.79 bits per heavy atom. The Labute approximate surface area is 191 Å². The van der Waals surface area contributed by atoms with Crippen LogP contribution < -0.4 is 10.3 Å². The summed E-state index contributed by atoms with van der Waals surface area (Å²) in [5.74, 6) is -4.60. The van der Waals surface area contributed by atoms with Crippen LogP contribution in [0.2, 0.25) is 5.02 Å². The minimum absolute atomic E-state index is 0.0366. The van der Waals surface area contributed by atoms with Gasteiger partial charge < -0.3 is 5.32 Å². The number of nitrogens with one attached hydrogen (secondary N) is 1. The first-order valence-electron chi connectivity index (χ1n) is 9.48. The van der Waals surface area contributed by atoms with E-state index in [1.54, 1.807) is 24.3 Å². The summed E-state index contributed by atoms with van der Waals surface area (Å²) in [6.07, 6.45) is 0.420. The molecule has 0 bridgehead atoms. The van der Waals surface area contributed by atoms with Crippen LogP contribution in [0.5, 0.6) is 0 Å². The molecule has 0 saturated heterocycles. The zero-order valence-corrected chi connectivity index (χ0v) is 17.8. The SMILES string of the molecule is CC1=NN(c2ccc([N+](=O)[O-])cc2[N+](=O)[O-])C(=O)[C@@H]1C(=O)C(=O)NCCc1ccc(Cl)cc1. The molecule has 13 heteroatoms. The van der Waals surface area contributed by atoms with E-state index >= 15 is 0 Å². The lowest BCUT2D eigenvalue weighted by atomic mass is 9.98. The van der Waals surface area contributed by atoms with Crippen LogP contribution in [0.4, 0.5) is 17.1 Å². The molecule has 0 aliphatic carbocycles. The number of Topliss-reactive ketones (excluding diaryl/α,β-unsaturated/α-hetero) is 1. The minimum atomic E-state index is -1.56. The highest BCUT2D eigenvalue weighted by Crippen LogP contribution is 2.35. The van der Waals surface area contributed by atoms with Gasteiger partial charge in [-0.1, -0.05) is 23.7 Å². The molecule has 1 aliphatic rings. The number of benzene rings is 2. The summed E-state index contributed by atoms with van der Waals surface area (Å²) >= 11 is 5.81. The summed E-state index contributed by atoms with van der Waals surface area (Å²) in [7, 11) is 0. The Hall–Kier alpha value is -4.19. The van der Waals surface area contributed by atoms with Gasteiger partial charge in [0.05, 0.1) is 21.6 Å². The maximum absolute atomic E-state index is 12.8. The van der Waals surface area contributed by atoms with Crippen molar-refractivity contribution >= 4 is 52.0 Å². The molecule has 12 nitrogen and oxygen atoms in total. The number of nitrogens with zero attached hydrogens (tertiary/aromatic N) is 4. The van der Waals surface area contributed by atoms with E-state index < -0.39 is 44.7 Å². The third-order valence-electron chi connectivity index (χ3n) is 4.82. The molecule has 0 aromatic heterocycles. The largest absolute Gasteiger partial charge is 0.349 e. The van der Waals surface area contributed by atoms with Gasteiger partial charge in [0.2, 0.25) is 5.78 Å². The van der Waals surface area contributed by atoms with E-state index in [1.807, 2.05) is 0 Å². The highest BCUT2D eigenvalue weighted by Gasteiger charge is 2.44. The number of hydrazone groups is 1. The molecule has 2 amide bonds. The highest BCUT2D eigenvalue weighted by atomic mass is 35.5. The van der Waals surface area contributed by atoms with E-state index in [0.29, 0.717) is 22.5 Å². The third kappa shape index (κ3) is 5.01. The monoisotopic (exact) mass is 473 g/mol. The van der Waals surface area contributed by atoms with Gasteiger partial charge in [-0.2, -0.15) is 10.1 Å². The molecule has 2 aromatic carbocycles. The summed E-state index contributed by atoms with van der Waals surface area (Å²) in [6.45, 7) is 1.46. The molecular weight excluding hydrogens is 458 g/mol. The van der Waals surface area contributed by atoms with Crippen LogP contribution in [0.1, 0.15) is 12.5 Å². The van der Waals surface area contributed by atoms with Crippen molar-refractivity contribution in [1.29, 1.82) is 0 Å². The predicted molar refractivity (Wildman–Crippen MR) is 117 cm³/mol. The van der Waals surface area contributed by atoms with Gasteiger partial charge in [-0.25, -0.2) is 0 Å². The summed E-state index contributed by atoms with van der Waals surface area (Å²) in [4.78, 5) is 58.3. The molecule has 170 valence electrons. The van der Waals surface area contributed by atoms with Crippen molar-refractivity contribution in [3.63, 3.8) is 0 Å². The second-order valence-electron chi connectivity index (χ2n) is 7.01. The Bertz CT molecular complexity index is 1200. The molecular formula is C20H16ClN5O7. The van der Waals surface area contributed by atoms with Crippen molar-refractivity contribution in [3.05, 3.63) is 73.3 Å². The molecule has 1 heterocycles. The lowest BCUT2D eigenvalue weighted by Crippen LogP contribution is -2.42. The van der Waals surface area contributed by atoms with Crippen molar-refractivity contribution < 1.29 is 24.2 Å². The average Bonchev–Trinajstić information content (AvgIpc) is 3.07. The first kappa shape index (κ1) is 23.5. The fourth-order valence-electron chi connectivity index (χ4n) is 3.18. The number of rotatable bonds is 8. The fraction of sp³-hybridized carbons (Fsp3) is 0.200.